The summed E-state index contributed by atoms with van der Waals surface area (Å²) < 4.78 is 12.3. The van der Waals surface area contributed by atoms with Gasteiger partial charge >= 0.3 is 6.03 Å². The van der Waals surface area contributed by atoms with Crippen molar-refractivity contribution >= 4 is 11.8 Å². The van der Waals surface area contributed by atoms with Crippen LogP contribution >= 0.6 is 0 Å². The highest BCUT2D eigenvalue weighted by Gasteiger charge is 2.27. The predicted octanol–water partition coefficient (Wildman–Crippen LogP) is 1.84. The Morgan fingerprint density at radius 2 is 2.40 bits per heavy atom. The molecule has 0 spiro atoms. The van der Waals surface area contributed by atoms with Crippen LogP contribution in [0.3, 0.4) is 0 Å². The number of morpholine rings is 1. The molecule has 8 nitrogen and oxygen atoms in total. The molecule has 2 aromatic heterocycles. The van der Waals surface area contributed by atoms with E-state index in [2.05, 4.69) is 15.4 Å². The Labute approximate surface area is 146 Å². The largest absolute Gasteiger partial charge is 0.385 e. The van der Waals surface area contributed by atoms with Crippen molar-refractivity contribution in [3.05, 3.63) is 36.3 Å². The van der Waals surface area contributed by atoms with Crippen molar-refractivity contribution in [3.63, 3.8) is 0 Å². The molecule has 2 aromatic rings. The molecule has 1 saturated heterocycles. The number of pyridine rings is 1. The van der Waals surface area contributed by atoms with Crippen molar-refractivity contribution < 1.29 is 14.3 Å². The first-order valence-corrected chi connectivity index (χ1v) is 8.30. The lowest BCUT2D eigenvalue weighted by Crippen LogP contribution is -2.50. The maximum atomic E-state index is 12.7. The van der Waals surface area contributed by atoms with Crippen molar-refractivity contribution in [1.29, 1.82) is 0 Å². The summed E-state index contributed by atoms with van der Waals surface area (Å²) in [6.07, 6.45) is 6.04. The first-order valence-electron chi connectivity index (χ1n) is 8.30. The maximum Gasteiger partial charge on any atom is 0.323 e. The molecule has 1 fully saturated rings. The van der Waals surface area contributed by atoms with Crippen molar-refractivity contribution in [2.75, 3.05) is 38.8 Å². The van der Waals surface area contributed by atoms with Crippen LogP contribution < -0.4 is 5.32 Å². The van der Waals surface area contributed by atoms with Crippen molar-refractivity contribution in [3.8, 4) is 5.69 Å². The lowest BCUT2D eigenvalue weighted by molar-refractivity contribution is 0.00447. The summed E-state index contributed by atoms with van der Waals surface area (Å²) in [5, 5.41) is 7.38. The Balaban J connectivity index is 1.71. The van der Waals surface area contributed by atoms with E-state index in [0.717, 1.165) is 17.7 Å². The lowest BCUT2D eigenvalue weighted by atomic mass is 10.2. The van der Waals surface area contributed by atoms with Gasteiger partial charge in [0.2, 0.25) is 0 Å². The van der Waals surface area contributed by atoms with Gasteiger partial charge in [-0.2, -0.15) is 0 Å². The molecule has 0 radical (unpaired) electrons. The van der Waals surface area contributed by atoms with Gasteiger partial charge in [0.1, 0.15) is 0 Å². The number of aromatic nitrogens is 3. The monoisotopic (exact) mass is 345 g/mol. The Bertz CT molecular complexity index is 704. The van der Waals surface area contributed by atoms with Gasteiger partial charge in [0.25, 0.3) is 0 Å². The molecule has 1 atom stereocenters. The number of carbonyl (C=O) groups is 1. The third kappa shape index (κ3) is 4.15. The van der Waals surface area contributed by atoms with E-state index < -0.39 is 0 Å². The first kappa shape index (κ1) is 17.4. The summed E-state index contributed by atoms with van der Waals surface area (Å²) in [6, 6.07) is 3.60. The third-order valence-corrected chi connectivity index (χ3v) is 4.18. The average Bonchev–Trinajstić information content (AvgIpc) is 3.01. The summed E-state index contributed by atoms with van der Waals surface area (Å²) in [4.78, 5) is 18.6. The van der Waals surface area contributed by atoms with Gasteiger partial charge in [0.05, 0.1) is 31.1 Å². The topological polar surface area (TPSA) is 81.5 Å². The predicted molar refractivity (Wildman–Crippen MR) is 92.9 cm³/mol. The van der Waals surface area contributed by atoms with Crippen molar-refractivity contribution in [2.24, 2.45) is 0 Å². The van der Waals surface area contributed by atoms with E-state index in [4.69, 9.17) is 9.47 Å². The van der Waals surface area contributed by atoms with Gasteiger partial charge in [-0.1, -0.05) is 0 Å². The van der Waals surface area contributed by atoms with Crippen LogP contribution in [0.5, 0.6) is 0 Å². The second-order valence-corrected chi connectivity index (χ2v) is 5.95. The minimum Gasteiger partial charge on any atom is -0.385 e. The van der Waals surface area contributed by atoms with E-state index in [-0.39, 0.29) is 12.1 Å². The second kappa shape index (κ2) is 8.09. The number of nitrogens with zero attached hydrogens (tertiary/aromatic N) is 4. The molecular formula is C17H23N5O3. The second-order valence-electron chi connectivity index (χ2n) is 5.95. The number of ether oxygens (including phenoxy) is 2. The molecule has 1 N–H and O–H groups in total. The normalized spacial score (nSPS) is 17.5. The van der Waals surface area contributed by atoms with Crippen LogP contribution in [-0.4, -0.2) is 65.2 Å². The number of hydrogen-bond donors (Lipinski definition) is 1. The molecule has 0 saturated carbocycles. The molecule has 134 valence electrons. The van der Waals surface area contributed by atoms with Gasteiger partial charge in [-0.25, -0.2) is 9.48 Å². The molecule has 3 heterocycles. The van der Waals surface area contributed by atoms with E-state index in [1.54, 1.807) is 29.1 Å². The highest BCUT2D eigenvalue weighted by Crippen LogP contribution is 2.18. The standard InChI is InChI=1S/C17H23N5O3/c1-13-11-22(14-4-3-6-18-10-14)20-16(13)19-17(23)21-7-9-25-12-15(21)5-8-24-2/h3-4,6,10-11,15H,5,7-9,12H2,1-2H3,(H,19,20,23). The van der Waals surface area contributed by atoms with Crippen LogP contribution in [0.4, 0.5) is 10.6 Å². The molecule has 0 aromatic carbocycles. The highest BCUT2D eigenvalue weighted by atomic mass is 16.5. The SMILES string of the molecule is COCCC1COCCN1C(=O)Nc1nn(-c2cccnc2)cc1C. The summed E-state index contributed by atoms with van der Waals surface area (Å²) in [7, 11) is 1.66. The van der Waals surface area contributed by atoms with E-state index in [9.17, 15) is 4.79 Å². The molecule has 8 heteroatoms. The lowest BCUT2D eigenvalue weighted by Gasteiger charge is -2.35. The summed E-state index contributed by atoms with van der Waals surface area (Å²) in [5.41, 5.74) is 1.73. The molecule has 3 rings (SSSR count). The van der Waals surface area contributed by atoms with Crippen LogP contribution in [0.1, 0.15) is 12.0 Å². The number of amides is 2. The van der Waals surface area contributed by atoms with Crippen molar-refractivity contribution in [1.82, 2.24) is 19.7 Å². The maximum absolute atomic E-state index is 12.7. The summed E-state index contributed by atoms with van der Waals surface area (Å²) in [6.45, 7) is 4.13. The molecule has 0 aliphatic carbocycles. The fourth-order valence-corrected chi connectivity index (χ4v) is 2.79. The van der Waals surface area contributed by atoms with Gasteiger partial charge in [-0.3, -0.25) is 10.3 Å². The fraction of sp³-hybridized carbons (Fsp3) is 0.471. The number of rotatable bonds is 5. The Hall–Kier alpha value is -2.45. The van der Waals surface area contributed by atoms with E-state index in [1.807, 2.05) is 25.3 Å². The number of urea groups is 1. The van der Waals surface area contributed by atoms with Crippen LogP contribution in [-0.2, 0) is 9.47 Å². The molecule has 0 bridgehead atoms. The Morgan fingerprint density at radius 3 is 3.16 bits per heavy atom. The number of methoxy groups -OCH3 is 1. The van der Waals surface area contributed by atoms with Gasteiger partial charge in [0, 0.05) is 38.2 Å². The zero-order chi connectivity index (χ0) is 17.6. The molecule has 1 aliphatic rings. The van der Waals surface area contributed by atoms with E-state index in [1.165, 1.54) is 0 Å². The first-order chi connectivity index (χ1) is 12.2. The van der Waals surface area contributed by atoms with Gasteiger partial charge < -0.3 is 14.4 Å². The van der Waals surface area contributed by atoms with Crippen molar-refractivity contribution in [2.45, 2.75) is 19.4 Å². The summed E-state index contributed by atoms with van der Waals surface area (Å²) >= 11 is 0. The zero-order valence-electron chi connectivity index (χ0n) is 14.5. The molecule has 2 amide bonds. The fourth-order valence-electron chi connectivity index (χ4n) is 2.79. The number of aryl methyl sites for hydroxylation is 1. The minimum absolute atomic E-state index is 0.00872. The minimum atomic E-state index is -0.163. The van der Waals surface area contributed by atoms with E-state index in [0.29, 0.717) is 32.2 Å². The molecule has 1 unspecified atom stereocenters. The Morgan fingerprint density at radius 1 is 1.52 bits per heavy atom. The molecular weight excluding hydrogens is 322 g/mol. The zero-order valence-corrected chi connectivity index (χ0v) is 14.5. The highest BCUT2D eigenvalue weighted by molar-refractivity contribution is 5.89. The van der Waals surface area contributed by atoms with E-state index >= 15 is 0 Å². The summed E-state index contributed by atoms with van der Waals surface area (Å²) in [5.74, 6) is 0.547. The molecule has 1 aliphatic heterocycles. The van der Waals surface area contributed by atoms with Crippen LogP contribution in [0, 0.1) is 6.92 Å². The number of carbonyl (C=O) groups excluding carboxylic acids is 1. The molecule has 25 heavy (non-hydrogen) atoms. The van der Waals surface area contributed by atoms with Crippen LogP contribution in [0.25, 0.3) is 5.69 Å². The van der Waals surface area contributed by atoms with Crippen LogP contribution in [0.15, 0.2) is 30.7 Å². The number of nitrogens with one attached hydrogen (secondary N) is 1. The Kier molecular flexibility index (Phi) is 5.62. The number of anilines is 1. The third-order valence-electron chi connectivity index (χ3n) is 4.18. The van der Waals surface area contributed by atoms with Crippen LogP contribution in [0.2, 0.25) is 0 Å². The number of hydrogen-bond acceptors (Lipinski definition) is 5. The van der Waals surface area contributed by atoms with Gasteiger partial charge in [-0.15, -0.1) is 5.10 Å². The smallest absolute Gasteiger partial charge is 0.323 e. The quantitative estimate of drug-likeness (QED) is 0.894. The average molecular weight is 345 g/mol. The van der Waals surface area contributed by atoms with Gasteiger partial charge in [-0.05, 0) is 25.5 Å². The van der Waals surface area contributed by atoms with Gasteiger partial charge in [0.15, 0.2) is 5.82 Å².